The van der Waals surface area contributed by atoms with Crippen LogP contribution in [-0.4, -0.2) is 21.0 Å². The lowest BCUT2D eigenvalue weighted by Gasteiger charge is -2.15. The molecule has 0 unspecified atom stereocenters. The molecule has 0 heterocycles. The number of nitrogens with one attached hydrogen (secondary N) is 2. The van der Waals surface area contributed by atoms with E-state index in [1.165, 1.54) is 5.56 Å². The van der Waals surface area contributed by atoms with E-state index in [0.717, 1.165) is 37.9 Å². The van der Waals surface area contributed by atoms with Crippen LogP contribution in [0.25, 0.3) is 0 Å². The molecule has 4 nitrogen and oxygen atoms in total. The van der Waals surface area contributed by atoms with Crippen molar-refractivity contribution in [3.8, 4) is 0 Å². The molecule has 1 rings (SSSR count). The highest BCUT2D eigenvalue weighted by Gasteiger charge is 2.15. The smallest absolute Gasteiger partial charge is 0.216 e. The molecule has 0 fully saturated rings. The fourth-order valence-corrected chi connectivity index (χ4v) is 3.69. The molecule has 5 heteroatoms. The fourth-order valence-electron chi connectivity index (χ4n) is 2.13. The summed E-state index contributed by atoms with van der Waals surface area (Å²) in [5, 5.41) is 3.33. The SMILES string of the molecule is CCCNCc1ccc(CS(=O)(=O)NC(CC)CC)cc1. The van der Waals surface area contributed by atoms with Gasteiger partial charge in [-0.3, -0.25) is 0 Å². The Balaban J connectivity index is 2.58. The Kier molecular flexibility index (Phi) is 7.93. The minimum atomic E-state index is -3.26. The van der Waals surface area contributed by atoms with Crippen LogP contribution >= 0.6 is 0 Å². The summed E-state index contributed by atoms with van der Waals surface area (Å²) in [6, 6.07) is 7.81. The van der Waals surface area contributed by atoms with Gasteiger partial charge in [0.15, 0.2) is 0 Å². The van der Waals surface area contributed by atoms with E-state index in [4.69, 9.17) is 0 Å². The number of benzene rings is 1. The molecule has 0 aliphatic carbocycles. The van der Waals surface area contributed by atoms with E-state index >= 15 is 0 Å². The molecule has 0 aromatic heterocycles. The Hall–Kier alpha value is -0.910. The highest BCUT2D eigenvalue weighted by Crippen LogP contribution is 2.09. The molecule has 0 saturated carbocycles. The van der Waals surface area contributed by atoms with Gasteiger partial charge in [-0.2, -0.15) is 0 Å². The molecule has 0 aliphatic rings. The standard InChI is InChI=1S/C16H28N2O2S/c1-4-11-17-12-14-7-9-15(10-8-14)13-21(19,20)18-16(5-2)6-3/h7-10,16-18H,4-6,11-13H2,1-3H3. The molecular formula is C16H28N2O2S. The number of hydrogen-bond acceptors (Lipinski definition) is 3. The summed E-state index contributed by atoms with van der Waals surface area (Å²) in [6.45, 7) is 7.94. The zero-order chi connectivity index (χ0) is 15.7. The molecule has 0 atom stereocenters. The van der Waals surface area contributed by atoms with Crippen molar-refractivity contribution in [1.82, 2.24) is 10.0 Å². The summed E-state index contributed by atoms with van der Waals surface area (Å²) >= 11 is 0. The summed E-state index contributed by atoms with van der Waals surface area (Å²) in [5.74, 6) is 0.0478. The summed E-state index contributed by atoms with van der Waals surface area (Å²) in [5.41, 5.74) is 2.00. The van der Waals surface area contributed by atoms with Gasteiger partial charge >= 0.3 is 0 Å². The van der Waals surface area contributed by atoms with Crippen LogP contribution in [0.15, 0.2) is 24.3 Å². The molecule has 0 aliphatic heterocycles. The molecule has 0 saturated heterocycles. The van der Waals surface area contributed by atoms with E-state index in [9.17, 15) is 8.42 Å². The van der Waals surface area contributed by atoms with Gasteiger partial charge in [0, 0.05) is 12.6 Å². The van der Waals surface area contributed by atoms with Crippen LogP contribution in [0.5, 0.6) is 0 Å². The maximum Gasteiger partial charge on any atom is 0.216 e. The Morgan fingerprint density at radius 3 is 2.10 bits per heavy atom. The maximum absolute atomic E-state index is 12.1. The lowest BCUT2D eigenvalue weighted by atomic mass is 10.1. The first kappa shape index (κ1) is 18.1. The third-order valence-corrected chi connectivity index (χ3v) is 4.87. The number of hydrogen-bond donors (Lipinski definition) is 2. The third-order valence-electron chi connectivity index (χ3n) is 3.47. The van der Waals surface area contributed by atoms with Crippen LogP contribution in [0.1, 0.15) is 51.2 Å². The second-order valence-corrected chi connectivity index (χ2v) is 7.14. The zero-order valence-electron chi connectivity index (χ0n) is 13.4. The average molecular weight is 312 g/mol. The van der Waals surface area contributed by atoms with Crippen molar-refractivity contribution in [2.75, 3.05) is 6.54 Å². The van der Waals surface area contributed by atoms with Crippen molar-refractivity contribution < 1.29 is 8.42 Å². The molecule has 0 radical (unpaired) electrons. The second-order valence-electron chi connectivity index (χ2n) is 5.38. The van der Waals surface area contributed by atoms with Crippen LogP contribution in [-0.2, 0) is 22.3 Å². The normalized spacial score (nSPS) is 12.0. The molecule has 0 amide bonds. The van der Waals surface area contributed by atoms with E-state index in [2.05, 4.69) is 17.0 Å². The van der Waals surface area contributed by atoms with Gasteiger partial charge in [0.05, 0.1) is 5.75 Å². The van der Waals surface area contributed by atoms with Gasteiger partial charge in [0.25, 0.3) is 0 Å². The number of sulfonamides is 1. The monoisotopic (exact) mass is 312 g/mol. The Bertz CT molecular complexity index is 494. The molecule has 0 spiro atoms. The summed E-state index contributed by atoms with van der Waals surface area (Å²) in [6.07, 6.45) is 2.74. The Morgan fingerprint density at radius 1 is 1.00 bits per heavy atom. The van der Waals surface area contributed by atoms with Crippen molar-refractivity contribution in [2.24, 2.45) is 0 Å². The van der Waals surface area contributed by atoms with E-state index in [1.54, 1.807) is 0 Å². The van der Waals surface area contributed by atoms with Crippen molar-refractivity contribution >= 4 is 10.0 Å². The highest BCUT2D eigenvalue weighted by atomic mass is 32.2. The van der Waals surface area contributed by atoms with Gasteiger partial charge < -0.3 is 5.32 Å². The van der Waals surface area contributed by atoms with E-state index in [1.807, 2.05) is 38.1 Å². The van der Waals surface area contributed by atoms with Crippen LogP contribution < -0.4 is 10.0 Å². The van der Waals surface area contributed by atoms with Crippen molar-refractivity contribution in [3.05, 3.63) is 35.4 Å². The van der Waals surface area contributed by atoms with Gasteiger partial charge in [-0.25, -0.2) is 13.1 Å². The summed E-state index contributed by atoms with van der Waals surface area (Å²) in [7, 11) is -3.26. The zero-order valence-corrected chi connectivity index (χ0v) is 14.2. The van der Waals surface area contributed by atoms with Gasteiger partial charge in [-0.15, -0.1) is 0 Å². The molecular weight excluding hydrogens is 284 g/mol. The summed E-state index contributed by atoms with van der Waals surface area (Å²) < 4.78 is 27.0. The highest BCUT2D eigenvalue weighted by molar-refractivity contribution is 7.88. The molecule has 1 aromatic rings. The third kappa shape index (κ3) is 7.07. The Labute approximate surface area is 129 Å². The van der Waals surface area contributed by atoms with E-state index < -0.39 is 10.0 Å². The predicted octanol–water partition coefficient (Wildman–Crippen LogP) is 2.79. The van der Waals surface area contributed by atoms with Crippen LogP contribution in [0.3, 0.4) is 0 Å². The topological polar surface area (TPSA) is 58.2 Å². The van der Waals surface area contributed by atoms with Gasteiger partial charge in [0.2, 0.25) is 10.0 Å². The maximum atomic E-state index is 12.1. The van der Waals surface area contributed by atoms with Gasteiger partial charge in [0.1, 0.15) is 0 Å². The average Bonchev–Trinajstić information content (AvgIpc) is 2.46. The molecule has 0 bridgehead atoms. The molecule has 21 heavy (non-hydrogen) atoms. The summed E-state index contributed by atoms with van der Waals surface area (Å²) in [4.78, 5) is 0. The van der Waals surface area contributed by atoms with Crippen molar-refractivity contribution in [1.29, 1.82) is 0 Å². The quantitative estimate of drug-likeness (QED) is 0.653. The van der Waals surface area contributed by atoms with E-state index in [0.29, 0.717) is 0 Å². The van der Waals surface area contributed by atoms with Crippen molar-refractivity contribution in [3.63, 3.8) is 0 Å². The lowest BCUT2D eigenvalue weighted by molar-refractivity contribution is 0.529. The first-order valence-electron chi connectivity index (χ1n) is 7.79. The Morgan fingerprint density at radius 2 is 1.57 bits per heavy atom. The van der Waals surface area contributed by atoms with Gasteiger partial charge in [-0.05, 0) is 36.9 Å². The lowest BCUT2D eigenvalue weighted by Crippen LogP contribution is -2.34. The minimum absolute atomic E-state index is 0.0347. The van der Waals surface area contributed by atoms with Crippen LogP contribution in [0.4, 0.5) is 0 Å². The fraction of sp³-hybridized carbons (Fsp3) is 0.625. The molecule has 120 valence electrons. The van der Waals surface area contributed by atoms with E-state index in [-0.39, 0.29) is 11.8 Å². The van der Waals surface area contributed by atoms with Crippen LogP contribution in [0, 0.1) is 0 Å². The first-order chi connectivity index (χ1) is 10.0. The first-order valence-corrected chi connectivity index (χ1v) is 9.44. The number of rotatable bonds is 10. The molecule has 1 aromatic carbocycles. The largest absolute Gasteiger partial charge is 0.313 e. The second kappa shape index (κ2) is 9.18. The predicted molar refractivity (Wildman–Crippen MR) is 88.6 cm³/mol. The van der Waals surface area contributed by atoms with Crippen molar-refractivity contribution in [2.45, 2.75) is 58.4 Å². The minimum Gasteiger partial charge on any atom is -0.313 e. The van der Waals surface area contributed by atoms with Gasteiger partial charge in [-0.1, -0.05) is 45.0 Å². The van der Waals surface area contributed by atoms with Crippen LogP contribution in [0.2, 0.25) is 0 Å². The molecule has 2 N–H and O–H groups in total.